The van der Waals surface area contributed by atoms with E-state index in [4.69, 9.17) is 5.26 Å². The number of ether oxygens (including phenoxy) is 2. The minimum Gasteiger partial charge on any atom is -0.421 e. The lowest BCUT2D eigenvalue weighted by Crippen LogP contribution is -2.23. The molecule has 0 aromatic carbocycles. The Morgan fingerprint density at radius 2 is 2.25 bits per heavy atom. The summed E-state index contributed by atoms with van der Waals surface area (Å²) in [6.45, 7) is -0.486. The summed E-state index contributed by atoms with van der Waals surface area (Å²) in [4.78, 5) is 10.2. The Labute approximate surface area is 66.7 Å². The highest BCUT2D eigenvalue weighted by Gasteiger charge is 2.34. The van der Waals surface area contributed by atoms with Gasteiger partial charge in [0.1, 0.15) is 0 Å². The van der Waals surface area contributed by atoms with E-state index in [9.17, 15) is 13.6 Å². The van der Waals surface area contributed by atoms with Crippen molar-refractivity contribution in [2.45, 2.75) is 6.11 Å². The van der Waals surface area contributed by atoms with E-state index in [0.717, 1.165) is 0 Å². The number of alkyl halides is 2. The number of terminal acetylenes is 1. The molecule has 0 aromatic rings. The molecule has 64 valence electrons. The molecular weight excluding hydrogens is 172 g/mol. The number of halogens is 2. The van der Waals surface area contributed by atoms with Crippen LogP contribution < -0.4 is 0 Å². The van der Waals surface area contributed by atoms with E-state index in [1.165, 1.54) is 0 Å². The maximum atomic E-state index is 11.9. The first-order valence-corrected chi connectivity index (χ1v) is 2.60. The number of hydrogen-bond donors (Lipinski definition) is 0. The van der Waals surface area contributed by atoms with Crippen molar-refractivity contribution in [3.05, 3.63) is 0 Å². The molecule has 0 spiro atoms. The zero-order valence-electron chi connectivity index (χ0n) is 5.71. The largest absolute Gasteiger partial charge is 0.514 e. The lowest BCUT2D eigenvalue weighted by molar-refractivity contribution is -0.165. The fourth-order valence-electron chi connectivity index (χ4n) is 0.258. The van der Waals surface area contributed by atoms with Crippen molar-refractivity contribution >= 4 is 6.16 Å². The van der Waals surface area contributed by atoms with Gasteiger partial charge in [0.15, 0.2) is 12.7 Å². The molecule has 0 aromatic heterocycles. The molecule has 0 aliphatic rings. The minimum atomic E-state index is -4.17. The van der Waals surface area contributed by atoms with E-state index < -0.39 is 18.9 Å². The third-order valence-electron chi connectivity index (χ3n) is 0.615. The van der Waals surface area contributed by atoms with Crippen LogP contribution in [0.2, 0.25) is 0 Å². The number of nitrogens with zero attached hydrogens (tertiary/aromatic N) is 1. The van der Waals surface area contributed by atoms with Crippen molar-refractivity contribution in [3.63, 3.8) is 0 Å². The monoisotopic (exact) mass is 175 g/mol. The van der Waals surface area contributed by atoms with Crippen LogP contribution in [0, 0.1) is 23.7 Å². The molecule has 0 atom stereocenters. The molecule has 0 aliphatic heterocycles. The van der Waals surface area contributed by atoms with Crippen LogP contribution in [0.5, 0.6) is 0 Å². The van der Waals surface area contributed by atoms with Gasteiger partial charge in [-0.3, -0.25) is 0 Å². The average molecular weight is 175 g/mol. The van der Waals surface area contributed by atoms with E-state index in [-0.39, 0.29) is 0 Å². The normalized spacial score (nSPS) is 9.33. The Kier molecular flexibility index (Phi) is 3.51. The summed E-state index contributed by atoms with van der Waals surface area (Å²) >= 11 is 0. The Morgan fingerprint density at radius 1 is 1.67 bits per heavy atom. The second-order valence-corrected chi connectivity index (χ2v) is 1.47. The molecule has 0 fully saturated rings. The van der Waals surface area contributed by atoms with E-state index in [1.807, 2.05) is 5.92 Å². The Hall–Kier alpha value is -1.82. The average Bonchev–Trinajstić information content (AvgIpc) is 2.00. The zero-order valence-corrected chi connectivity index (χ0v) is 5.71. The number of carbonyl (C=O) groups is 1. The molecule has 0 rings (SSSR count). The number of carbonyl (C=O) groups excluding carboxylic acids is 1. The third-order valence-corrected chi connectivity index (χ3v) is 0.615. The maximum absolute atomic E-state index is 11.9. The number of hydrogen-bond acceptors (Lipinski definition) is 4. The van der Waals surface area contributed by atoms with Crippen molar-refractivity contribution in [1.82, 2.24) is 0 Å². The Morgan fingerprint density at radius 3 is 2.67 bits per heavy atom. The fraction of sp³-hybridized carbons (Fsp3) is 0.333. The standard InChI is InChI=1S/C6H3F2NO3/c1-2-3-11-5(10)12-6(7,8)4-9/h1H,3H2. The van der Waals surface area contributed by atoms with Crippen LogP contribution in [0.4, 0.5) is 13.6 Å². The summed E-state index contributed by atoms with van der Waals surface area (Å²) < 4.78 is 30.9. The number of nitriles is 1. The summed E-state index contributed by atoms with van der Waals surface area (Å²) in [5.41, 5.74) is 0. The smallest absolute Gasteiger partial charge is 0.421 e. The van der Waals surface area contributed by atoms with Crippen molar-refractivity contribution in [2.24, 2.45) is 0 Å². The molecule has 0 saturated carbocycles. The molecule has 0 amide bonds. The Bertz CT molecular complexity index is 250. The van der Waals surface area contributed by atoms with Gasteiger partial charge in [0, 0.05) is 0 Å². The van der Waals surface area contributed by atoms with Gasteiger partial charge >= 0.3 is 12.3 Å². The van der Waals surface area contributed by atoms with E-state index in [1.54, 1.807) is 0 Å². The molecule has 0 radical (unpaired) electrons. The van der Waals surface area contributed by atoms with Gasteiger partial charge in [0.25, 0.3) is 0 Å². The van der Waals surface area contributed by atoms with Gasteiger partial charge in [0.2, 0.25) is 0 Å². The van der Waals surface area contributed by atoms with Crippen LogP contribution in [0.15, 0.2) is 0 Å². The zero-order chi connectivity index (χ0) is 9.61. The quantitative estimate of drug-likeness (QED) is 0.461. The first-order valence-electron chi connectivity index (χ1n) is 2.60. The molecule has 0 heterocycles. The lowest BCUT2D eigenvalue weighted by Gasteiger charge is -2.06. The summed E-state index contributed by atoms with van der Waals surface area (Å²) in [5, 5.41) is 7.70. The topological polar surface area (TPSA) is 59.3 Å². The fourth-order valence-corrected chi connectivity index (χ4v) is 0.258. The van der Waals surface area contributed by atoms with E-state index >= 15 is 0 Å². The van der Waals surface area contributed by atoms with Gasteiger partial charge in [-0.15, -0.1) is 15.2 Å². The predicted octanol–water partition coefficient (Wildman–Crippen LogP) is 0.889. The van der Waals surface area contributed by atoms with Gasteiger partial charge in [0.05, 0.1) is 0 Å². The van der Waals surface area contributed by atoms with Gasteiger partial charge in [-0.2, -0.15) is 5.26 Å². The van der Waals surface area contributed by atoms with E-state index in [0.29, 0.717) is 6.07 Å². The van der Waals surface area contributed by atoms with Gasteiger partial charge in [-0.05, 0) is 0 Å². The lowest BCUT2D eigenvalue weighted by atomic mass is 10.7. The van der Waals surface area contributed by atoms with E-state index in [2.05, 4.69) is 15.9 Å². The Balaban J connectivity index is 3.88. The summed E-state index contributed by atoms with van der Waals surface area (Å²) in [7, 11) is 0. The summed E-state index contributed by atoms with van der Waals surface area (Å²) in [6, 6.07) is 0.441. The maximum Gasteiger partial charge on any atom is 0.514 e. The second-order valence-electron chi connectivity index (χ2n) is 1.47. The van der Waals surface area contributed by atoms with Crippen molar-refractivity contribution in [3.8, 4) is 18.4 Å². The van der Waals surface area contributed by atoms with Gasteiger partial charge in [-0.25, -0.2) is 4.79 Å². The molecule has 12 heavy (non-hydrogen) atoms. The van der Waals surface area contributed by atoms with Crippen molar-refractivity contribution in [2.75, 3.05) is 6.61 Å². The summed E-state index contributed by atoms with van der Waals surface area (Å²) in [5.74, 6) is 1.85. The highest BCUT2D eigenvalue weighted by Crippen LogP contribution is 2.13. The number of rotatable bonds is 2. The van der Waals surface area contributed by atoms with Crippen molar-refractivity contribution < 1.29 is 23.0 Å². The second kappa shape index (κ2) is 4.14. The molecule has 6 heteroatoms. The van der Waals surface area contributed by atoms with Crippen LogP contribution in [0.1, 0.15) is 0 Å². The SMILES string of the molecule is C#CCOC(=O)OC(F)(F)C#N. The van der Waals surface area contributed by atoms with Crippen LogP contribution in [0.25, 0.3) is 0 Å². The van der Waals surface area contributed by atoms with Crippen LogP contribution in [-0.4, -0.2) is 18.9 Å². The molecule has 0 unspecified atom stereocenters. The highest BCUT2D eigenvalue weighted by molar-refractivity contribution is 5.60. The first kappa shape index (κ1) is 10.2. The molecule has 0 aliphatic carbocycles. The predicted molar refractivity (Wildman–Crippen MR) is 31.8 cm³/mol. The van der Waals surface area contributed by atoms with Gasteiger partial charge in [-0.1, -0.05) is 5.92 Å². The molecule has 0 bridgehead atoms. The molecule has 4 nitrogen and oxygen atoms in total. The van der Waals surface area contributed by atoms with Gasteiger partial charge < -0.3 is 9.47 Å². The highest BCUT2D eigenvalue weighted by atomic mass is 19.3. The first-order chi connectivity index (χ1) is 5.52. The molecular formula is C6H3F2NO3. The minimum absolute atomic E-state index is 0.441. The van der Waals surface area contributed by atoms with Crippen LogP contribution >= 0.6 is 0 Å². The van der Waals surface area contributed by atoms with Crippen LogP contribution in [0.3, 0.4) is 0 Å². The third kappa shape index (κ3) is 4.07. The summed E-state index contributed by atoms with van der Waals surface area (Å²) in [6.07, 6.45) is -1.22. The molecule has 0 saturated heterocycles. The molecule has 0 N–H and O–H groups in total. The van der Waals surface area contributed by atoms with Crippen LogP contribution in [-0.2, 0) is 9.47 Å². The van der Waals surface area contributed by atoms with Crippen molar-refractivity contribution in [1.29, 1.82) is 5.26 Å².